The van der Waals surface area contributed by atoms with Crippen LogP contribution in [-0.4, -0.2) is 41.8 Å². The van der Waals surface area contributed by atoms with Crippen molar-refractivity contribution in [3.05, 3.63) is 17.0 Å². The molecule has 7 heteroatoms. The number of likely N-dealkylation sites (N-methyl/N-ethyl adjacent to an activating group) is 1. The van der Waals surface area contributed by atoms with Crippen LogP contribution in [0.4, 0.5) is 0 Å². The molecule has 0 spiro atoms. The van der Waals surface area contributed by atoms with Crippen LogP contribution in [0, 0.1) is 0 Å². The van der Waals surface area contributed by atoms with E-state index in [9.17, 15) is 8.42 Å². The number of unbranched alkanes of at least 4 members (excludes halogenated alkanes) is 1. The van der Waals surface area contributed by atoms with Gasteiger partial charge in [-0.1, -0.05) is 6.92 Å². The maximum atomic E-state index is 12.1. The number of methoxy groups -OCH3 is 1. The Morgan fingerprint density at radius 1 is 1.25 bits per heavy atom. The predicted molar refractivity (Wildman–Crippen MR) is 82.9 cm³/mol. The van der Waals surface area contributed by atoms with Crippen molar-refractivity contribution in [1.29, 1.82) is 0 Å². The van der Waals surface area contributed by atoms with E-state index in [2.05, 4.69) is 17.0 Å². The van der Waals surface area contributed by atoms with Crippen molar-refractivity contribution >= 4 is 21.4 Å². The van der Waals surface area contributed by atoms with E-state index in [1.807, 2.05) is 6.07 Å². The van der Waals surface area contributed by atoms with Gasteiger partial charge in [0.15, 0.2) is 0 Å². The first-order valence-electron chi connectivity index (χ1n) is 6.88. The zero-order valence-electron chi connectivity index (χ0n) is 12.1. The van der Waals surface area contributed by atoms with Gasteiger partial charge in [0.1, 0.15) is 4.21 Å². The molecule has 20 heavy (non-hydrogen) atoms. The topological polar surface area (TPSA) is 67.4 Å². The smallest absolute Gasteiger partial charge is 0.250 e. The molecule has 1 heterocycles. The summed E-state index contributed by atoms with van der Waals surface area (Å²) in [5.41, 5.74) is 0. The molecule has 0 aromatic carbocycles. The maximum absolute atomic E-state index is 12.1. The molecule has 0 bridgehead atoms. The van der Waals surface area contributed by atoms with Crippen LogP contribution in [-0.2, 0) is 21.2 Å². The Labute approximate surface area is 125 Å². The lowest BCUT2D eigenvalue weighted by Gasteiger charge is -2.04. The van der Waals surface area contributed by atoms with E-state index in [1.54, 1.807) is 13.2 Å². The van der Waals surface area contributed by atoms with Crippen LogP contribution < -0.4 is 10.0 Å². The lowest BCUT2D eigenvalue weighted by Crippen LogP contribution is -2.24. The third kappa shape index (κ3) is 6.32. The fourth-order valence-electron chi connectivity index (χ4n) is 1.67. The highest BCUT2D eigenvalue weighted by molar-refractivity contribution is 7.91. The molecule has 0 unspecified atom stereocenters. The number of hydrogen-bond acceptors (Lipinski definition) is 5. The second kappa shape index (κ2) is 9.46. The van der Waals surface area contributed by atoms with Crippen LogP contribution in [0.15, 0.2) is 16.3 Å². The van der Waals surface area contributed by atoms with Gasteiger partial charge in [0.2, 0.25) is 10.0 Å². The van der Waals surface area contributed by atoms with Gasteiger partial charge in [-0.25, -0.2) is 13.1 Å². The van der Waals surface area contributed by atoms with Crippen LogP contribution in [0.25, 0.3) is 0 Å². The van der Waals surface area contributed by atoms with E-state index in [4.69, 9.17) is 4.74 Å². The first-order chi connectivity index (χ1) is 9.60. The van der Waals surface area contributed by atoms with Crippen molar-refractivity contribution in [1.82, 2.24) is 10.0 Å². The van der Waals surface area contributed by atoms with Gasteiger partial charge in [0.25, 0.3) is 0 Å². The third-order valence-electron chi connectivity index (χ3n) is 2.77. The van der Waals surface area contributed by atoms with Gasteiger partial charge in [-0.05, 0) is 44.5 Å². The molecule has 1 aromatic heterocycles. The Morgan fingerprint density at radius 2 is 2.05 bits per heavy atom. The Kier molecular flexibility index (Phi) is 8.32. The van der Waals surface area contributed by atoms with E-state index < -0.39 is 10.0 Å². The molecular formula is C13H24N2O3S2. The average Bonchev–Trinajstić information content (AvgIpc) is 2.88. The Bertz CT molecular complexity index is 472. The Morgan fingerprint density at radius 3 is 2.75 bits per heavy atom. The number of rotatable bonds is 11. The van der Waals surface area contributed by atoms with E-state index in [-0.39, 0.29) is 0 Å². The standard InChI is InChI=1S/C13H24N2O3S2/c1-3-14-10-8-12-6-7-13(19-12)20(16,17)15-9-4-5-11-18-2/h6-7,14-15H,3-5,8-11H2,1-2H3. The summed E-state index contributed by atoms with van der Waals surface area (Å²) in [6.07, 6.45) is 2.50. The summed E-state index contributed by atoms with van der Waals surface area (Å²) in [4.78, 5) is 1.09. The first kappa shape index (κ1) is 17.6. The molecule has 0 atom stereocenters. The molecule has 0 aliphatic heterocycles. The summed E-state index contributed by atoms with van der Waals surface area (Å²) >= 11 is 1.34. The van der Waals surface area contributed by atoms with Crippen LogP contribution in [0.1, 0.15) is 24.6 Å². The Hall–Kier alpha value is -0.470. The molecule has 0 aliphatic rings. The van der Waals surface area contributed by atoms with Gasteiger partial charge in [0.05, 0.1) is 0 Å². The van der Waals surface area contributed by atoms with Crippen molar-refractivity contribution in [2.75, 3.05) is 33.4 Å². The Balaban J connectivity index is 2.42. The average molecular weight is 320 g/mol. The second-order valence-electron chi connectivity index (χ2n) is 4.42. The SMILES string of the molecule is CCNCCc1ccc(S(=O)(=O)NCCCCOC)s1. The monoisotopic (exact) mass is 320 g/mol. The second-order valence-corrected chi connectivity index (χ2v) is 7.58. The first-order valence-corrected chi connectivity index (χ1v) is 9.18. The van der Waals surface area contributed by atoms with Gasteiger partial charge in [-0.2, -0.15) is 0 Å². The highest BCUT2D eigenvalue weighted by Crippen LogP contribution is 2.21. The van der Waals surface area contributed by atoms with Crippen LogP contribution >= 0.6 is 11.3 Å². The molecule has 1 aromatic rings. The molecule has 0 amide bonds. The van der Waals surface area contributed by atoms with E-state index in [0.29, 0.717) is 17.4 Å². The summed E-state index contributed by atoms with van der Waals surface area (Å²) in [5, 5.41) is 3.23. The van der Waals surface area contributed by atoms with Crippen molar-refractivity contribution in [3.8, 4) is 0 Å². The third-order valence-corrected chi connectivity index (χ3v) is 5.87. The predicted octanol–water partition coefficient (Wildman–Crippen LogP) is 1.60. The molecule has 0 saturated heterocycles. The van der Waals surface area contributed by atoms with Crippen molar-refractivity contribution in [2.45, 2.75) is 30.4 Å². The molecule has 1 rings (SSSR count). The summed E-state index contributed by atoms with van der Waals surface area (Å²) in [7, 11) is -1.71. The molecular weight excluding hydrogens is 296 g/mol. The van der Waals surface area contributed by atoms with Crippen LogP contribution in [0.2, 0.25) is 0 Å². The maximum Gasteiger partial charge on any atom is 0.250 e. The zero-order valence-corrected chi connectivity index (χ0v) is 13.8. The fourth-order valence-corrected chi connectivity index (χ4v) is 4.15. The molecule has 0 aliphatic carbocycles. The molecule has 116 valence electrons. The highest BCUT2D eigenvalue weighted by Gasteiger charge is 2.15. The lowest BCUT2D eigenvalue weighted by molar-refractivity contribution is 0.193. The van der Waals surface area contributed by atoms with Crippen LogP contribution in [0.3, 0.4) is 0 Å². The number of thiophene rings is 1. The van der Waals surface area contributed by atoms with Gasteiger partial charge in [0, 0.05) is 25.1 Å². The molecule has 0 fully saturated rings. The summed E-state index contributed by atoms with van der Waals surface area (Å²) in [6.45, 7) is 4.98. The number of hydrogen-bond donors (Lipinski definition) is 2. The zero-order chi connectivity index (χ0) is 14.8. The number of ether oxygens (including phenoxy) is 1. The van der Waals surface area contributed by atoms with Gasteiger partial charge in [-0.3, -0.25) is 0 Å². The highest BCUT2D eigenvalue weighted by atomic mass is 32.2. The normalized spacial score (nSPS) is 11.9. The van der Waals surface area contributed by atoms with E-state index in [1.165, 1.54) is 11.3 Å². The van der Waals surface area contributed by atoms with Gasteiger partial charge < -0.3 is 10.1 Å². The quantitative estimate of drug-likeness (QED) is 0.608. The molecule has 0 saturated carbocycles. The molecule has 2 N–H and O–H groups in total. The lowest BCUT2D eigenvalue weighted by atomic mass is 10.3. The van der Waals surface area contributed by atoms with Crippen molar-refractivity contribution in [2.24, 2.45) is 0 Å². The minimum atomic E-state index is -3.35. The number of nitrogens with one attached hydrogen (secondary N) is 2. The summed E-state index contributed by atoms with van der Waals surface area (Å²) in [6, 6.07) is 3.57. The van der Waals surface area contributed by atoms with Crippen molar-refractivity contribution in [3.63, 3.8) is 0 Å². The van der Waals surface area contributed by atoms with E-state index in [0.717, 1.165) is 37.2 Å². The largest absolute Gasteiger partial charge is 0.385 e. The number of sulfonamides is 1. The fraction of sp³-hybridized carbons (Fsp3) is 0.692. The van der Waals surface area contributed by atoms with Crippen molar-refractivity contribution < 1.29 is 13.2 Å². The molecule has 5 nitrogen and oxygen atoms in total. The van der Waals surface area contributed by atoms with E-state index >= 15 is 0 Å². The van der Waals surface area contributed by atoms with Gasteiger partial charge >= 0.3 is 0 Å². The summed E-state index contributed by atoms with van der Waals surface area (Å²) < 4.78 is 32.1. The van der Waals surface area contributed by atoms with Crippen LogP contribution in [0.5, 0.6) is 0 Å². The minimum absolute atomic E-state index is 0.399. The van der Waals surface area contributed by atoms with Gasteiger partial charge in [-0.15, -0.1) is 11.3 Å². The summed E-state index contributed by atoms with van der Waals surface area (Å²) in [5.74, 6) is 0. The minimum Gasteiger partial charge on any atom is -0.385 e. The molecule has 0 radical (unpaired) electrons.